The van der Waals surface area contributed by atoms with Gasteiger partial charge in [0.1, 0.15) is 6.61 Å². The zero-order chi connectivity index (χ0) is 33.5. The first-order valence-corrected chi connectivity index (χ1v) is 15.5. The zero-order valence-corrected chi connectivity index (χ0v) is 26.7. The molecule has 0 saturated carbocycles. The molecule has 1 fully saturated rings. The Bertz CT molecular complexity index is 1220. The Labute approximate surface area is 264 Å². The molecule has 1 saturated heterocycles. The van der Waals surface area contributed by atoms with Gasteiger partial charge in [-0.25, -0.2) is 4.79 Å². The molecule has 1 aromatic carbocycles. The van der Waals surface area contributed by atoms with Crippen LogP contribution >= 0.6 is 0 Å². The van der Waals surface area contributed by atoms with Crippen LogP contribution in [0.5, 0.6) is 0 Å². The van der Waals surface area contributed by atoms with Crippen molar-refractivity contribution in [3.8, 4) is 0 Å². The Kier molecular flexibility index (Phi) is 15.2. The lowest BCUT2D eigenvalue weighted by molar-refractivity contribution is -0.142. The average molecular weight is 630 g/mol. The molecule has 0 bridgehead atoms. The highest BCUT2D eigenvalue weighted by Crippen LogP contribution is 2.21. The van der Waals surface area contributed by atoms with Gasteiger partial charge in [-0.1, -0.05) is 39.3 Å². The molecule has 1 aliphatic rings. The number of carbonyl (C=O) groups is 7. The number of primary amides is 1. The molecule has 13 heteroatoms. The fraction of sp³-hybridized carbons (Fsp3) is 0.594. The SMILES string of the molecule is CC(=O)OCc1ccc(NC(=O)C(CCCNC(N)=O)CC(=O)C(NC(=O)CCCCCN2C(=O)CC(C)C2=O)C(C)C)cc1. The van der Waals surface area contributed by atoms with E-state index >= 15 is 0 Å². The molecule has 0 aromatic heterocycles. The van der Waals surface area contributed by atoms with Crippen molar-refractivity contribution >= 4 is 47.1 Å². The molecule has 5 N–H and O–H groups in total. The Morgan fingerprint density at radius 2 is 1.71 bits per heavy atom. The standard InChI is InChI=1S/C32H47N5O8/c1-20(2)29(36-27(40)10-6-5-7-16-37-28(41)17-21(3)31(37)43)26(39)18-24(9-8-15-34-32(33)44)30(42)35-25-13-11-23(12-14-25)19-45-22(4)38/h11-14,20-21,24,29H,5-10,15-19H2,1-4H3,(H,35,42)(H,36,40)(H3,33,34,44). The number of imide groups is 1. The third kappa shape index (κ3) is 13.1. The van der Waals surface area contributed by atoms with E-state index in [0.29, 0.717) is 44.3 Å². The lowest BCUT2D eigenvalue weighted by Crippen LogP contribution is -2.45. The molecule has 3 unspecified atom stereocenters. The topological polar surface area (TPSA) is 194 Å². The number of nitrogens with two attached hydrogens (primary N) is 1. The summed E-state index contributed by atoms with van der Waals surface area (Å²) in [5, 5.41) is 8.12. The molecule has 0 aliphatic carbocycles. The smallest absolute Gasteiger partial charge is 0.312 e. The number of hydrogen-bond acceptors (Lipinski definition) is 8. The second-order valence-corrected chi connectivity index (χ2v) is 11.9. The molecule has 248 valence electrons. The summed E-state index contributed by atoms with van der Waals surface area (Å²) in [6.07, 6.45) is 2.78. The molecule has 0 radical (unpaired) electrons. The second kappa shape index (κ2) is 18.5. The lowest BCUT2D eigenvalue weighted by atomic mass is 9.89. The van der Waals surface area contributed by atoms with Gasteiger partial charge in [-0.05, 0) is 49.3 Å². The molecule has 3 atom stereocenters. The normalized spacial score (nSPS) is 15.8. The third-order valence-corrected chi connectivity index (χ3v) is 7.60. The largest absolute Gasteiger partial charge is 0.461 e. The van der Waals surface area contributed by atoms with Crippen molar-refractivity contribution in [3.63, 3.8) is 0 Å². The van der Waals surface area contributed by atoms with Gasteiger partial charge in [0.15, 0.2) is 5.78 Å². The fourth-order valence-electron chi connectivity index (χ4n) is 5.05. The quantitative estimate of drug-likeness (QED) is 0.102. The molecule has 1 aromatic rings. The van der Waals surface area contributed by atoms with Gasteiger partial charge in [0, 0.05) is 56.8 Å². The Morgan fingerprint density at radius 1 is 1.02 bits per heavy atom. The van der Waals surface area contributed by atoms with Crippen molar-refractivity contribution in [2.24, 2.45) is 23.5 Å². The number of Topliss-reactive ketones (excluding diaryl/α,β-unsaturated/α-hetero) is 1. The molecule has 45 heavy (non-hydrogen) atoms. The Morgan fingerprint density at radius 3 is 2.29 bits per heavy atom. The first-order chi connectivity index (χ1) is 21.3. The van der Waals surface area contributed by atoms with E-state index in [4.69, 9.17) is 10.5 Å². The molecule has 1 heterocycles. The summed E-state index contributed by atoms with van der Waals surface area (Å²) < 4.78 is 4.98. The van der Waals surface area contributed by atoms with Crippen molar-refractivity contribution < 1.29 is 38.3 Å². The summed E-state index contributed by atoms with van der Waals surface area (Å²) in [5.41, 5.74) is 6.38. The van der Waals surface area contributed by atoms with E-state index in [1.54, 1.807) is 31.2 Å². The average Bonchev–Trinajstić information content (AvgIpc) is 3.21. The molecule has 2 rings (SSSR count). The number of likely N-dealkylation sites (tertiary alicyclic amines) is 1. The van der Waals surface area contributed by atoms with Crippen LogP contribution < -0.4 is 21.7 Å². The van der Waals surface area contributed by atoms with Crippen LogP contribution in [0, 0.1) is 17.8 Å². The van der Waals surface area contributed by atoms with Crippen molar-refractivity contribution in [2.75, 3.05) is 18.4 Å². The molecule has 0 spiro atoms. The minimum Gasteiger partial charge on any atom is -0.461 e. The molecular weight excluding hydrogens is 582 g/mol. The number of nitrogens with zero attached hydrogens (tertiary/aromatic N) is 1. The number of benzene rings is 1. The van der Waals surface area contributed by atoms with Crippen LogP contribution in [-0.4, -0.2) is 65.4 Å². The first kappa shape index (κ1) is 36.9. The molecule has 6 amide bonds. The van der Waals surface area contributed by atoms with E-state index < -0.39 is 24.0 Å². The summed E-state index contributed by atoms with van der Waals surface area (Å²) in [6.45, 7) is 7.37. The van der Waals surface area contributed by atoms with E-state index in [9.17, 15) is 33.6 Å². The minimum absolute atomic E-state index is 0.107. The number of esters is 1. The number of anilines is 1. The van der Waals surface area contributed by atoms with Crippen molar-refractivity contribution in [2.45, 2.75) is 91.7 Å². The van der Waals surface area contributed by atoms with Gasteiger partial charge in [0.25, 0.3) is 0 Å². The van der Waals surface area contributed by atoms with E-state index in [-0.39, 0.29) is 73.7 Å². The molecule has 13 nitrogen and oxygen atoms in total. The van der Waals surface area contributed by atoms with Crippen molar-refractivity contribution in [3.05, 3.63) is 29.8 Å². The van der Waals surface area contributed by atoms with Crippen LogP contribution in [0.4, 0.5) is 10.5 Å². The van der Waals surface area contributed by atoms with Crippen LogP contribution in [0.2, 0.25) is 0 Å². The van der Waals surface area contributed by atoms with Gasteiger partial charge in [0.2, 0.25) is 23.6 Å². The number of hydrogen-bond donors (Lipinski definition) is 4. The van der Waals surface area contributed by atoms with Crippen LogP contribution in [0.3, 0.4) is 0 Å². The summed E-state index contributed by atoms with van der Waals surface area (Å²) in [5.74, 6) is -2.89. The van der Waals surface area contributed by atoms with Gasteiger partial charge >= 0.3 is 12.0 Å². The van der Waals surface area contributed by atoms with Crippen LogP contribution in [0.25, 0.3) is 0 Å². The maximum Gasteiger partial charge on any atom is 0.312 e. The molecule has 1 aliphatic heterocycles. The maximum absolute atomic E-state index is 13.4. The minimum atomic E-state index is -0.793. The summed E-state index contributed by atoms with van der Waals surface area (Å²) in [4.78, 5) is 86.8. The Balaban J connectivity index is 1.93. The lowest BCUT2D eigenvalue weighted by Gasteiger charge is -2.24. The van der Waals surface area contributed by atoms with Crippen LogP contribution in [0.1, 0.15) is 84.6 Å². The number of rotatable bonds is 19. The zero-order valence-electron chi connectivity index (χ0n) is 26.7. The van der Waals surface area contributed by atoms with Gasteiger partial charge in [-0.15, -0.1) is 0 Å². The number of carbonyl (C=O) groups excluding carboxylic acids is 7. The predicted molar refractivity (Wildman–Crippen MR) is 166 cm³/mol. The monoisotopic (exact) mass is 629 g/mol. The van der Waals surface area contributed by atoms with E-state index in [2.05, 4.69) is 16.0 Å². The summed E-state index contributed by atoms with van der Waals surface area (Å²) in [6, 6.07) is 5.29. The maximum atomic E-state index is 13.4. The highest BCUT2D eigenvalue weighted by molar-refractivity contribution is 6.03. The van der Waals surface area contributed by atoms with Gasteiger partial charge in [-0.2, -0.15) is 0 Å². The van der Waals surface area contributed by atoms with E-state index in [0.717, 1.165) is 5.56 Å². The van der Waals surface area contributed by atoms with Crippen molar-refractivity contribution in [1.29, 1.82) is 0 Å². The summed E-state index contributed by atoms with van der Waals surface area (Å²) >= 11 is 0. The summed E-state index contributed by atoms with van der Waals surface area (Å²) in [7, 11) is 0. The predicted octanol–water partition coefficient (Wildman–Crippen LogP) is 2.81. The Hall–Kier alpha value is -4.29. The van der Waals surface area contributed by atoms with Gasteiger partial charge in [-0.3, -0.25) is 33.7 Å². The number of ketones is 1. The number of nitrogens with one attached hydrogen (secondary N) is 3. The number of amides is 6. The molecular formula is C32H47N5O8. The van der Waals surface area contributed by atoms with Crippen LogP contribution in [0.15, 0.2) is 24.3 Å². The number of unbranched alkanes of at least 4 members (excludes halogenated alkanes) is 2. The second-order valence-electron chi connectivity index (χ2n) is 11.9. The number of urea groups is 1. The van der Waals surface area contributed by atoms with E-state index in [1.165, 1.54) is 11.8 Å². The fourth-order valence-corrected chi connectivity index (χ4v) is 5.05. The van der Waals surface area contributed by atoms with Crippen LogP contribution in [-0.2, 0) is 40.1 Å². The number of ether oxygens (including phenoxy) is 1. The highest BCUT2D eigenvalue weighted by Gasteiger charge is 2.35. The van der Waals surface area contributed by atoms with E-state index in [1.807, 2.05) is 13.8 Å². The highest BCUT2D eigenvalue weighted by atomic mass is 16.5. The third-order valence-electron chi connectivity index (χ3n) is 7.60. The van der Waals surface area contributed by atoms with Crippen molar-refractivity contribution in [1.82, 2.24) is 15.5 Å². The van der Waals surface area contributed by atoms with Gasteiger partial charge in [0.05, 0.1) is 6.04 Å². The first-order valence-electron chi connectivity index (χ1n) is 15.5. The van der Waals surface area contributed by atoms with Gasteiger partial charge < -0.3 is 26.4 Å².